The predicted octanol–water partition coefficient (Wildman–Crippen LogP) is 4.63. The predicted molar refractivity (Wildman–Crippen MR) is 130 cm³/mol. The minimum atomic E-state index is -3.84. The standard InChI is InChI=1S/C26H32N2O3S/c1-18(2)21-11-9-20(10-12-21)15-16-27-26(29)25(19(3)4)28-32(30,31)24-14-13-22-7-5-6-8-23(22)17-24/h5-14,17-19,25,28H,15-16H2,1-4H3,(H,27,29)/t25-/m0/s1. The van der Waals surface area contributed by atoms with Crippen LogP contribution in [0.15, 0.2) is 71.6 Å². The zero-order chi connectivity index (χ0) is 23.3. The quantitative estimate of drug-likeness (QED) is 0.497. The molecule has 0 aliphatic heterocycles. The van der Waals surface area contributed by atoms with Gasteiger partial charge in [0.05, 0.1) is 4.90 Å². The molecule has 5 nitrogen and oxygen atoms in total. The molecule has 3 aromatic carbocycles. The van der Waals surface area contributed by atoms with Crippen molar-refractivity contribution in [2.24, 2.45) is 5.92 Å². The van der Waals surface area contributed by atoms with Crippen LogP contribution in [0.3, 0.4) is 0 Å². The van der Waals surface area contributed by atoms with Gasteiger partial charge in [0, 0.05) is 6.54 Å². The first-order chi connectivity index (χ1) is 15.2. The van der Waals surface area contributed by atoms with E-state index < -0.39 is 16.1 Å². The van der Waals surface area contributed by atoms with Gasteiger partial charge in [-0.15, -0.1) is 0 Å². The fraction of sp³-hybridized carbons (Fsp3) is 0.346. The van der Waals surface area contributed by atoms with Crippen LogP contribution in [0.4, 0.5) is 0 Å². The summed E-state index contributed by atoms with van der Waals surface area (Å²) in [6, 6.07) is 20.1. The minimum Gasteiger partial charge on any atom is -0.354 e. The van der Waals surface area contributed by atoms with E-state index in [1.807, 2.05) is 38.1 Å². The molecule has 2 N–H and O–H groups in total. The van der Waals surface area contributed by atoms with Crippen LogP contribution in [0.1, 0.15) is 44.7 Å². The van der Waals surface area contributed by atoms with Crippen LogP contribution in [0.2, 0.25) is 0 Å². The number of fused-ring (bicyclic) bond motifs is 1. The number of nitrogens with one attached hydrogen (secondary N) is 2. The lowest BCUT2D eigenvalue weighted by Crippen LogP contribution is -2.49. The number of benzene rings is 3. The topological polar surface area (TPSA) is 75.3 Å². The van der Waals surface area contributed by atoms with E-state index in [1.165, 1.54) is 5.56 Å². The van der Waals surface area contributed by atoms with Gasteiger partial charge in [-0.1, -0.05) is 82.3 Å². The third-order valence-corrected chi connectivity index (χ3v) is 7.06. The molecule has 0 spiro atoms. The van der Waals surface area contributed by atoms with E-state index in [9.17, 15) is 13.2 Å². The maximum absolute atomic E-state index is 13.0. The lowest BCUT2D eigenvalue weighted by atomic mass is 10.0. The summed E-state index contributed by atoms with van der Waals surface area (Å²) in [5.74, 6) is -0.0371. The molecule has 3 aromatic rings. The zero-order valence-corrected chi connectivity index (χ0v) is 19.9. The monoisotopic (exact) mass is 452 g/mol. The highest BCUT2D eigenvalue weighted by Crippen LogP contribution is 2.20. The number of amides is 1. The average Bonchev–Trinajstić information content (AvgIpc) is 2.77. The molecule has 0 fully saturated rings. The van der Waals surface area contributed by atoms with Gasteiger partial charge in [0.1, 0.15) is 6.04 Å². The molecule has 32 heavy (non-hydrogen) atoms. The summed E-state index contributed by atoms with van der Waals surface area (Å²) in [4.78, 5) is 13.0. The molecule has 0 radical (unpaired) electrons. The lowest BCUT2D eigenvalue weighted by molar-refractivity contribution is -0.123. The Kier molecular flexibility index (Phi) is 7.69. The Morgan fingerprint density at radius 2 is 1.53 bits per heavy atom. The molecule has 0 aliphatic carbocycles. The van der Waals surface area contributed by atoms with E-state index in [4.69, 9.17) is 0 Å². The smallest absolute Gasteiger partial charge is 0.241 e. The van der Waals surface area contributed by atoms with Gasteiger partial charge in [-0.3, -0.25) is 4.79 Å². The minimum absolute atomic E-state index is 0.153. The fourth-order valence-electron chi connectivity index (χ4n) is 3.57. The summed E-state index contributed by atoms with van der Waals surface area (Å²) in [5, 5.41) is 4.69. The van der Waals surface area contributed by atoms with Crippen molar-refractivity contribution in [2.75, 3.05) is 6.54 Å². The summed E-state index contributed by atoms with van der Waals surface area (Å²) < 4.78 is 28.6. The van der Waals surface area contributed by atoms with Crippen LogP contribution < -0.4 is 10.0 Å². The highest BCUT2D eigenvalue weighted by molar-refractivity contribution is 7.89. The molecule has 1 atom stereocenters. The summed E-state index contributed by atoms with van der Waals surface area (Å²) in [5.41, 5.74) is 2.41. The van der Waals surface area contributed by atoms with E-state index in [1.54, 1.807) is 18.2 Å². The molecule has 0 aromatic heterocycles. The van der Waals surface area contributed by atoms with Crippen molar-refractivity contribution in [1.82, 2.24) is 10.0 Å². The number of rotatable bonds is 9. The van der Waals surface area contributed by atoms with Crippen molar-refractivity contribution in [3.05, 3.63) is 77.9 Å². The molecular weight excluding hydrogens is 420 g/mol. The molecule has 3 rings (SSSR count). The Balaban J connectivity index is 1.65. The van der Waals surface area contributed by atoms with Crippen molar-refractivity contribution >= 4 is 26.7 Å². The first-order valence-corrected chi connectivity index (χ1v) is 12.5. The average molecular weight is 453 g/mol. The van der Waals surface area contributed by atoms with E-state index >= 15 is 0 Å². The summed E-state index contributed by atoms with van der Waals surface area (Å²) >= 11 is 0. The third-order valence-electron chi connectivity index (χ3n) is 5.62. The molecule has 0 heterocycles. The van der Waals surface area contributed by atoms with Gasteiger partial charge in [0.2, 0.25) is 15.9 Å². The van der Waals surface area contributed by atoms with Crippen LogP contribution in [0, 0.1) is 5.92 Å². The van der Waals surface area contributed by atoms with E-state index in [2.05, 4.69) is 48.2 Å². The number of carbonyl (C=O) groups excluding carboxylic acids is 1. The Morgan fingerprint density at radius 3 is 2.16 bits per heavy atom. The summed E-state index contributed by atoms with van der Waals surface area (Å²) in [7, 11) is -3.84. The first kappa shape index (κ1) is 24.0. The molecule has 0 bridgehead atoms. The van der Waals surface area contributed by atoms with Gasteiger partial charge < -0.3 is 5.32 Å². The Labute approximate surface area is 191 Å². The molecule has 1 amide bonds. The van der Waals surface area contributed by atoms with Gasteiger partial charge in [-0.05, 0) is 52.3 Å². The van der Waals surface area contributed by atoms with Crippen LogP contribution in [-0.4, -0.2) is 26.9 Å². The number of carbonyl (C=O) groups is 1. The fourth-order valence-corrected chi connectivity index (χ4v) is 4.95. The molecule has 0 unspecified atom stereocenters. The second kappa shape index (κ2) is 10.3. The second-order valence-electron chi connectivity index (χ2n) is 8.79. The summed E-state index contributed by atoms with van der Waals surface area (Å²) in [6.07, 6.45) is 0.687. The number of hydrogen-bond donors (Lipinski definition) is 2. The Morgan fingerprint density at radius 1 is 0.875 bits per heavy atom. The van der Waals surface area contributed by atoms with Gasteiger partial charge in [0.25, 0.3) is 0 Å². The van der Waals surface area contributed by atoms with Crippen LogP contribution in [0.5, 0.6) is 0 Å². The van der Waals surface area contributed by atoms with Crippen LogP contribution >= 0.6 is 0 Å². The van der Waals surface area contributed by atoms with Gasteiger partial charge in [-0.25, -0.2) is 8.42 Å². The van der Waals surface area contributed by atoms with Crippen LogP contribution in [-0.2, 0) is 21.2 Å². The molecule has 0 saturated heterocycles. The lowest BCUT2D eigenvalue weighted by Gasteiger charge is -2.22. The largest absolute Gasteiger partial charge is 0.354 e. The number of sulfonamides is 1. The molecule has 170 valence electrons. The number of hydrogen-bond acceptors (Lipinski definition) is 3. The molecule has 0 saturated carbocycles. The van der Waals surface area contributed by atoms with Gasteiger partial charge in [0.15, 0.2) is 0 Å². The van der Waals surface area contributed by atoms with E-state index in [0.29, 0.717) is 18.9 Å². The van der Waals surface area contributed by atoms with E-state index in [-0.39, 0.29) is 16.7 Å². The summed E-state index contributed by atoms with van der Waals surface area (Å²) in [6.45, 7) is 8.41. The van der Waals surface area contributed by atoms with Crippen molar-refractivity contribution in [1.29, 1.82) is 0 Å². The highest BCUT2D eigenvalue weighted by atomic mass is 32.2. The van der Waals surface area contributed by atoms with Gasteiger partial charge >= 0.3 is 0 Å². The normalized spacial score (nSPS) is 12.9. The van der Waals surface area contributed by atoms with Crippen molar-refractivity contribution in [2.45, 2.75) is 51.0 Å². The van der Waals surface area contributed by atoms with Crippen LogP contribution in [0.25, 0.3) is 10.8 Å². The molecule has 6 heteroatoms. The van der Waals surface area contributed by atoms with E-state index in [0.717, 1.165) is 16.3 Å². The van der Waals surface area contributed by atoms with Crippen molar-refractivity contribution in [3.8, 4) is 0 Å². The van der Waals surface area contributed by atoms with Crippen molar-refractivity contribution in [3.63, 3.8) is 0 Å². The highest BCUT2D eigenvalue weighted by Gasteiger charge is 2.28. The maximum Gasteiger partial charge on any atom is 0.241 e. The van der Waals surface area contributed by atoms with Gasteiger partial charge in [-0.2, -0.15) is 4.72 Å². The Bertz CT molecular complexity index is 1170. The Hall–Kier alpha value is -2.70. The van der Waals surface area contributed by atoms with Crippen molar-refractivity contribution < 1.29 is 13.2 Å². The first-order valence-electron chi connectivity index (χ1n) is 11.0. The SMILES string of the molecule is CC(C)c1ccc(CCNC(=O)[C@@H](NS(=O)(=O)c2ccc3ccccc3c2)C(C)C)cc1. The maximum atomic E-state index is 13.0. The zero-order valence-electron chi connectivity index (χ0n) is 19.1. The molecule has 0 aliphatic rings. The second-order valence-corrected chi connectivity index (χ2v) is 10.5. The molecular formula is C26H32N2O3S. The third kappa shape index (κ3) is 5.96.